The maximum Gasteiger partial charge on any atom is 0.186 e. The second-order valence-corrected chi connectivity index (χ2v) is 8.67. The number of unbranched alkanes of at least 4 members (excludes halogenated alkanes) is 1. The third-order valence-electron chi connectivity index (χ3n) is 1.89. The number of thioether (sulfide) groups is 1. The minimum atomic E-state index is -1.33. The monoisotopic (exact) mass is 203 g/mol. The first-order valence-electron chi connectivity index (χ1n) is 4.18. The van der Waals surface area contributed by atoms with Crippen molar-refractivity contribution in [3.63, 3.8) is 0 Å². The van der Waals surface area contributed by atoms with Crippen molar-refractivity contribution >= 4 is 20.1 Å². The van der Waals surface area contributed by atoms with E-state index < -0.39 is 8.32 Å². The van der Waals surface area contributed by atoms with Gasteiger partial charge in [0, 0.05) is 12.9 Å². The molecule has 0 fully saturated rings. The number of hydrogen-bond donors (Lipinski definition) is 0. The summed E-state index contributed by atoms with van der Waals surface area (Å²) in [7, 11) is 0.472. The van der Waals surface area contributed by atoms with E-state index in [0.717, 1.165) is 12.2 Å². The molecule has 0 rings (SSSR count). The molecule has 0 aliphatic carbocycles. The predicted molar refractivity (Wildman–Crippen MR) is 56.6 cm³/mol. The average molecular weight is 203 g/mol. The van der Waals surface area contributed by atoms with E-state index in [2.05, 4.69) is 18.5 Å². The molecule has 0 unspecified atom stereocenters. The van der Waals surface area contributed by atoms with Crippen LogP contribution in [0.2, 0.25) is 19.1 Å². The van der Waals surface area contributed by atoms with Crippen molar-refractivity contribution in [3.8, 4) is 5.40 Å². The summed E-state index contributed by atoms with van der Waals surface area (Å²) in [6.07, 6.45) is 2.33. The number of nitriles is 1. The molecule has 2 nitrogen and oxygen atoms in total. The molecule has 0 aromatic rings. The lowest BCUT2D eigenvalue weighted by molar-refractivity contribution is 0.402. The van der Waals surface area contributed by atoms with E-state index in [0.29, 0.717) is 0 Å². The molecule has 0 bridgehead atoms. The van der Waals surface area contributed by atoms with Gasteiger partial charge >= 0.3 is 0 Å². The van der Waals surface area contributed by atoms with Crippen LogP contribution in [0.4, 0.5) is 0 Å². The van der Waals surface area contributed by atoms with Crippen molar-refractivity contribution in [2.24, 2.45) is 0 Å². The number of nitrogens with zero attached hydrogens (tertiary/aromatic N) is 1. The van der Waals surface area contributed by atoms with Crippen molar-refractivity contribution in [2.75, 3.05) is 12.9 Å². The third-order valence-corrected chi connectivity index (χ3v) is 5.18. The topological polar surface area (TPSA) is 33.0 Å². The molecule has 0 N–H and O–H groups in total. The van der Waals surface area contributed by atoms with E-state index in [1.54, 1.807) is 7.11 Å². The molecule has 0 radical (unpaired) electrons. The predicted octanol–water partition coefficient (Wildman–Crippen LogP) is 2.83. The Bertz CT molecular complexity index is 156. The van der Waals surface area contributed by atoms with Crippen LogP contribution in [-0.2, 0) is 4.43 Å². The van der Waals surface area contributed by atoms with Crippen molar-refractivity contribution in [2.45, 2.75) is 32.0 Å². The maximum atomic E-state index is 8.27. The smallest absolute Gasteiger partial charge is 0.186 e. The zero-order chi connectivity index (χ0) is 9.45. The molecule has 0 aromatic carbocycles. The molecule has 0 spiro atoms. The van der Waals surface area contributed by atoms with Gasteiger partial charge in [0.25, 0.3) is 0 Å². The molecule has 4 heteroatoms. The van der Waals surface area contributed by atoms with E-state index in [9.17, 15) is 0 Å². The fraction of sp³-hybridized carbons (Fsp3) is 0.875. The van der Waals surface area contributed by atoms with Crippen LogP contribution in [0.3, 0.4) is 0 Å². The van der Waals surface area contributed by atoms with Gasteiger partial charge in [-0.05, 0) is 37.3 Å². The zero-order valence-corrected chi connectivity index (χ0v) is 9.91. The molecule has 0 aromatic heterocycles. The van der Waals surface area contributed by atoms with Gasteiger partial charge in [-0.2, -0.15) is 5.26 Å². The minimum Gasteiger partial charge on any atom is -0.420 e. The summed E-state index contributed by atoms with van der Waals surface area (Å²) < 4.78 is 5.41. The second kappa shape index (κ2) is 6.52. The van der Waals surface area contributed by atoms with Gasteiger partial charge in [-0.3, -0.25) is 0 Å². The van der Waals surface area contributed by atoms with E-state index in [1.807, 2.05) is 0 Å². The van der Waals surface area contributed by atoms with Crippen LogP contribution in [0.5, 0.6) is 0 Å². The van der Waals surface area contributed by atoms with Gasteiger partial charge in [-0.15, -0.1) is 0 Å². The summed E-state index contributed by atoms with van der Waals surface area (Å²) in [6, 6.07) is 1.20. The minimum absolute atomic E-state index is 0.963. The molecular formula is C8H17NOSSi. The highest BCUT2D eigenvalue weighted by molar-refractivity contribution is 8.03. The molecule has 0 aliphatic rings. The van der Waals surface area contributed by atoms with Crippen LogP contribution in [0.1, 0.15) is 12.8 Å². The SMILES string of the molecule is CO[Si](C)(C)CCCCSC#N. The van der Waals surface area contributed by atoms with Gasteiger partial charge in [0.15, 0.2) is 8.32 Å². The highest BCUT2D eigenvalue weighted by Crippen LogP contribution is 2.15. The van der Waals surface area contributed by atoms with Crippen LogP contribution in [-0.4, -0.2) is 21.2 Å². The molecule has 12 heavy (non-hydrogen) atoms. The molecule has 0 saturated carbocycles. The molecule has 0 amide bonds. The van der Waals surface area contributed by atoms with Gasteiger partial charge in [0.05, 0.1) is 0 Å². The average Bonchev–Trinajstić information content (AvgIpc) is 2.04. The number of hydrogen-bond acceptors (Lipinski definition) is 3. The first-order valence-corrected chi connectivity index (χ1v) is 8.28. The summed E-state index contributed by atoms with van der Waals surface area (Å²) in [5, 5.41) is 10.3. The van der Waals surface area contributed by atoms with Crippen LogP contribution >= 0.6 is 11.8 Å². The van der Waals surface area contributed by atoms with E-state index in [4.69, 9.17) is 9.69 Å². The Morgan fingerprint density at radius 1 is 1.42 bits per heavy atom. The van der Waals surface area contributed by atoms with Gasteiger partial charge in [-0.25, -0.2) is 0 Å². The number of rotatable bonds is 6. The first-order chi connectivity index (χ1) is 5.62. The number of thiocyanates is 1. The summed E-state index contributed by atoms with van der Waals surface area (Å²) in [4.78, 5) is 0. The van der Waals surface area contributed by atoms with E-state index in [-0.39, 0.29) is 0 Å². The normalized spacial score (nSPS) is 11.2. The largest absolute Gasteiger partial charge is 0.420 e. The molecule has 70 valence electrons. The van der Waals surface area contributed by atoms with E-state index in [1.165, 1.54) is 24.2 Å². The Balaban J connectivity index is 3.26. The molecule has 0 aliphatic heterocycles. The van der Waals surface area contributed by atoms with Crippen LogP contribution in [0.15, 0.2) is 0 Å². The Hall–Kier alpha value is 0.0169. The maximum absolute atomic E-state index is 8.27. The lowest BCUT2D eigenvalue weighted by Gasteiger charge is -2.19. The standard InChI is InChI=1S/C8H17NOSSi/c1-10-12(2,3)7-5-4-6-11-8-9/h4-7H2,1-3H3. The van der Waals surface area contributed by atoms with Crippen LogP contribution < -0.4 is 0 Å². The molecule has 0 heterocycles. The van der Waals surface area contributed by atoms with Crippen molar-refractivity contribution in [3.05, 3.63) is 0 Å². The van der Waals surface area contributed by atoms with E-state index >= 15 is 0 Å². The highest BCUT2D eigenvalue weighted by Gasteiger charge is 2.18. The summed E-state index contributed by atoms with van der Waals surface area (Å²) in [5.41, 5.74) is 0. The van der Waals surface area contributed by atoms with Crippen LogP contribution in [0.25, 0.3) is 0 Å². The Labute approximate surface area is 80.4 Å². The van der Waals surface area contributed by atoms with Gasteiger partial charge in [-0.1, -0.05) is 6.42 Å². The van der Waals surface area contributed by atoms with Gasteiger partial charge in [0.2, 0.25) is 0 Å². The highest BCUT2D eigenvalue weighted by atomic mass is 32.2. The first kappa shape index (κ1) is 12.0. The van der Waals surface area contributed by atoms with Crippen molar-refractivity contribution < 1.29 is 4.43 Å². The van der Waals surface area contributed by atoms with Crippen LogP contribution in [0, 0.1) is 10.7 Å². The lowest BCUT2D eigenvalue weighted by atomic mass is 10.4. The Morgan fingerprint density at radius 2 is 2.08 bits per heavy atom. The molecule has 0 atom stereocenters. The lowest BCUT2D eigenvalue weighted by Crippen LogP contribution is -2.27. The summed E-state index contributed by atoms with van der Waals surface area (Å²) in [5.74, 6) is 0.963. The van der Waals surface area contributed by atoms with Crippen molar-refractivity contribution in [1.29, 1.82) is 5.26 Å². The summed E-state index contributed by atoms with van der Waals surface area (Å²) in [6.45, 7) is 4.45. The fourth-order valence-electron chi connectivity index (χ4n) is 0.873. The van der Waals surface area contributed by atoms with Gasteiger partial charge in [0.1, 0.15) is 5.40 Å². The third kappa shape index (κ3) is 6.71. The Morgan fingerprint density at radius 3 is 2.58 bits per heavy atom. The zero-order valence-electron chi connectivity index (χ0n) is 8.09. The molecular weight excluding hydrogens is 186 g/mol. The quantitative estimate of drug-likeness (QED) is 0.378. The van der Waals surface area contributed by atoms with Crippen molar-refractivity contribution in [1.82, 2.24) is 0 Å². The summed E-state index contributed by atoms with van der Waals surface area (Å²) >= 11 is 1.35. The fourth-order valence-corrected chi connectivity index (χ4v) is 2.62. The Kier molecular flexibility index (Phi) is 6.53. The molecule has 0 saturated heterocycles. The second-order valence-electron chi connectivity index (χ2n) is 3.36. The van der Waals surface area contributed by atoms with Gasteiger partial charge < -0.3 is 4.43 Å².